The molecular formula is C19H18N2O3S. The van der Waals surface area contributed by atoms with E-state index in [-0.39, 0.29) is 10.6 Å². The van der Waals surface area contributed by atoms with Gasteiger partial charge in [0.15, 0.2) is 0 Å². The topological polar surface area (TPSA) is 79.3 Å². The van der Waals surface area contributed by atoms with Crippen molar-refractivity contribution in [3.63, 3.8) is 0 Å². The van der Waals surface area contributed by atoms with E-state index < -0.39 is 10.0 Å². The van der Waals surface area contributed by atoms with Crippen molar-refractivity contribution >= 4 is 15.7 Å². The Balaban J connectivity index is 1.97. The largest absolute Gasteiger partial charge is 0.508 e. The molecule has 25 heavy (non-hydrogen) atoms. The van der Waals surface area contributed by atoms with Crippen LogP contribution < -0.4 is 4.72 Å². The molecule has 0 aliphatic heterocycles. The highest BCUT2D eigenvalue weighted by Gasteiger charge is 2.16. The van der Waals surface area contributed by atoms with Crippen molar-refractivity contribution in [1.82, 2.24) is 4.98 Å². The third kappa shape index (κ3) is 3.80. The molecule has 0 fully saturated rings. The molecule has 0 aliphatic carbocycles. The molecule has 2 aromatic carbocycles. The Hall–Kier alpha value is -2.86. The summed E-state index contributed by atoms with van der Waals surface area (Å²) in [6, 6.07) is 16.7. The molecule has 3 rings (SSSR count). The molecule has 0 radical (unpaired) electrons. The fourth-order valence-corrected chi connectivity index (χ4v) is 3.55. The van der Waals surface area contributed by atoms with E-state index in [4.69, 9.17) is 0 Å². The minimum atomic E-state index is -3.74. The van der Waals surface area contributed by atoms with E-state index in [0.29, 0.717) is 5.69 Å². The summed E-state index contributed by atoms with van der Waals surface area (Å²) in [5.74, 6) is 0.0163. The first-order valence-corrected chi connectivity index (χ1v) is 9.20. The molecule has 0 bridgehead atoms. The lowest BCUT2D eigenvalue weighted by molar-refractivity contribution is 0.475. The van der Waals surface area contributed by atoms with Crippen molar-refractivity contribution in [2.24, 2.45) is 0 Å². The zero-order valence-corrected chi connectivity index (χ0v) is 14.7. The van der Waals surface area contributed by atoms with E-state index in [9.17, 15) is 13.5 Å². The molecule has 0 amide bonds. The number of sulfonamides is 1. The highest BCUT2D eigenvalue weighted by atomic mass is 32.2. The number of nitrogens with zero attached hydrogens (tertiary/aromatic N) is 1. The fourth-order valence-electron chi connectivity index (χ4n) is 2.42. The number of aromatic hydroxyl groups is 1. The molecular weight excluding hydrogens is 336 g/mol. The van der Waals surface area contributed by atoms with Gasteiger partial charge in [0.2, 0.25) is 0 Å². The maximum Gasteiger partial charge on any atom is 0.261 e. The molecule has 0 saturated heterocycles. The molecule has 0 unspecified atom stereocenters. The Kier molecular flexibility index (Phi) is 4.46. The molecule has 5 nitrogen and oxygen atoms in total. The molecule has 0 aliphatic rings. The predicted octanol–water partition coefficient (Wildman–Crippen LogP) is 3.87. The van der Waals surface area contributed by atoms with E-state index >= 15 is 0 Å². The van der Waals surface area contributed by atoms with Gasteiger partial charge < -0.3 is 5.11 Å². The minimum absolute atomic E-state index is 0.0163. The van der Waals surface area contributed by atoms with E-state index in [1.807, 2.05) is 44.2 Å². The summed E-state index contributed by atoms with van der Waals surface area (Å²) in [6.45, 7) is 3.74. The van der Waals surface area contributed by atoms with Crippen molar-refractivity contribution in [3.8, 4) is 17.0 Å². The molecule has 3 aromatic rings. The number of rotatable bonds is 4. The summed E-state index contributed by atoms with van der Waals surface area (Å²) >= 11 is 0. The fraction of sp³-hybridized carbons (Fsp3) is 0.105. The maximum absolute atomic E-state index is 12.6. The third-order valence-corrected chi connectivity index (χ3v) is 5.19. The van der Waals surface area contributed by atoms with Crippen LogP contribution in [0.2, 0.25) is 0 Å². The highest BCUT2D eigenvalue weighted by Crippen LogP contribution is 2.26. The second-order valence-electron chi connectivity index (χ2n) is 5.79. The van der Waals surface area contributed by atoms with Crippen molar-refractivity contribution in [3.05, 3.63) is 71.9 Å². The lowest BCUT2D eigenvalue weighted by atomic mass is 10.1. The number of hydrogen-bond acceptors (Lipinski definition) is 4. The van der Waals surface area contributed by atoms with E-state index in [2.05, 4.69) is 9.71 Å². The van der Waals surface area contributed by atoms with E-state index in [1.54, 1.807) is 6.07 Å². The molecule has 0 saturated carbocycles. The smallest absolute Gasteiger partial charge is 0.261 e. The van der Waals surface area contributed by atoms with E-state index in [1.165, 1.54) is 24.3 Å². The Bertz CT molecular complexity index is 1010. The van der Waals surface area contributed by atoms with Gasteiger partial charge in [0.25, 0.3) is 10.0 Å². The Labute approximate surface area is 147 Å². The number of phenolic OH excluding ortho intramolecular Hbond substituents is 1. The molecule has 1 aromatic heterocycles. The van der Waals surface area contributed by atoms with Crippen LogP contribution in [-0.2, 0) is 10.0 Å². The molecule has 0 spiro atoms. The molecule has 1 heterocycles. The normalized spacial score (nSPS) is 11.3. The van der Waals surface area contributed by atoms with Crippen LogP contribution in [-0.4, -0.2) is 18.5 Å². The van der Waals surface area contributed by atoms with Gasteiger partial charge in [0, 0.05) is 11.3 Å². The molecule has 6 heteroatoms. The van der Waals surface area contributed by atoms with Crippen LogP contribution in [0.15, 0.2) is 65.6 Å². The first kappa shape index (κ1) is 17.0. The summed E-state index contributed by atoms with van der Waals surface area (Å²) < 4.78 is 27.7. The summed E-state index contributed by atoms with van der Waals surface area (Å²) in [7, 11) is -3.74. The number of anilines is 1. The zero-order chi connectivity index (χ0) is 18.0. The Morgan fingerprint density at radius 2 is 1.68 bits per heavy atom. The standard InChI is InChI=1S/C19H18N2O3S/c1-13-6-7-15(18-5-3-4-14(2)20-18)12-19(13)21-25(23,24)17-10-8-16(22)9-11-17/h3-12,21-22H,1-2H3. The summed E-state index contributed by atoms with van der Waals surface area (Å²) in [5, 5.41) is 9.32. The molecule has 128 valence electrons. The van der Waals surface area contributed by atoms with Crippen LogP contribution in [0.1, 0.15) is 11.3 Å². The van der Waals surface area contributed by atoms with Crippen LogP contribution in [0.4, 0.5) is 5.69 Å². The second-order valence-corrected chi connectivity index (χ2v) is 7.48. The van der Waals surface area contributed by atoms with Gasteiger partial charge in [-0.05, 0) is 61.9 Å². The number of nitrogens with one attached hydrogen (secondary N) is 1. The average Bonchev–Trinajstić information content (AvgIpc) is 2.57. The Morgan fingerprint density at radius 1 is 0.960 bits per heavy atom. The number of pyridine rings is 1. The van der Waals surface area contributed by atoms with Crippen LogP contribution in [0.25, 0.3) is 11.3 Å². The van der Waals surface area contributed by atoms with Crippen molar-refractivity contribution in [2.45, 2.75) is 18.7 Å². The third-order valence-electron chi connectivity index (χ3n) is 3.81. The van der Waals surface area contributed by atoms with Crippen molar-refractivity contribution < 1.29 is 13.5 Å². The van der Waals surface area contributed by atoms with Crippen molar-refractivity contribution in [1.29, 1.82) is 0 Å². The van der Waals surface area contributed by atoms with Gasteiger partial charge in [-0.15, -0.1) is 0 Å². The summed E-state index contributed by atoms with van der Waals surface area (Å²) in [6.07, 6.45) is 0. The lowest BCUT2D eigenvalue weighted by Crippen LogP contribution is -2.13. The van der Waals surface area contributed by atoms with Crippen LogP contribution in [0.5, 0.6) is 5.75 Å². The monoisotopic (exact) mass is 354 g/mol. The van der Waals surface area contributed by atoms with Gasteiger partial charge in [0.1, 0.15) is 5.75 Å². The number of aryl methyl sites for hydroxylation is 2. The average molecular weight is 354 g/mol. The second kappa shape index (κ2) is 6.57. The van der Waals surface area contributed by atoms with Gasteiger partial charge >= 0.3 is 0 Å². The number of phenols is 1. The lowest BCUT2D eigenvalue weighted by Gasteiger charge is -2.12. The van der Waals surface area contributed by atoms with E-state index in [0.717, 1.165) is 22.5 Å². The van der Waals surface area contributed by atoms with Gasteiger partial charge in [-0.3, -0.25) is 9.71 Å². The zero-order valence-electron chi connectivity index (χ0n) is 13.9. The predicted molar refractivity (Wildman–Crippen MR) is 98.1 cm³/mol. The van der Waals surface area contributed by atoms with Crippen molar-refractivity contribution in [2.75, 3.05) is 4.72 Å². The number of hydrogen-bond donors (Lipinski definition) is 2. The van der Waals surface area contributed by atoms with Gasteiger partial charge in [-0.1, -0.05) is 18.2 Å². The Morgan fingerprint density at radius 3 is 2.36 bits per heavy atom. The molecule has 0 atom stereocenters. The highest BCUT2D eigenvalue weighted by molar-refractivity contribution is 7.92. The van der Waals surface area contributed by atoms with Gasteiger partial charge in [-0.25, -0.2) is 8.42 Å². The van der Waals surface area contributed by atoms with Gasteiger partial charge in [-0.2, -0.15) is 0 Å². The minimum Gasteiger partial charge on any atom is -0.508 e. The first-order chi connectivity index (χ1) is 11.8. The van der Waals surface area contributed by atoms with Crippen LogP contribution in [0, 0.1) is 13.8 Å². The maximum atomic E-state index is 12.6. The summed E-state index contributed by atoms with van der Waals surface area (Å²) in [4.78, 5) is 4.56. The quantitative estimate of drug-likeness (QED) is 0.745. The number of aromatic nitrogens is 1. The van der Waals surface area contributed by atoms with Gasteiger partial charge in [0.05, 0.1) is 16.3 Å². The summed E-state index contributed by atoms with van der Waals surface area (Å²) in [5.41, 5.74) is 3.81. The first-order valence-electron chi connectivity index (χ1n) is 7.72. The molecule has 2 N–H and O–H groups in total. The SMILES string of the molecule is Cc1cccc(-c2ccc(C)c(NS(=O)(=O)c3ccc(O)cc3)c2)n1. The van der Waals surface area contributed by atoms with Crippen LogP contribution in [0.3, 0.4) is 0 Å². The van der Waals surface area contributed by atoms with Crippen LogP contribution >= 0.6 is 0 Å². The number of benzene rings is 2.